The molecule has 0 saturated carbocycles. The second kappa shape index (κ2) is 4.74. The molecule has 0 aliphatic carbocycles. The average Bonchev–Trinajstić information content (AvgIpc) is 2.86. The zero-order chi connectivity index (χ0) is 13.2. The number of nitrogens with one attached hydrogen (secondary N) is 1. The minimum Gasteiger partial charge on any atom is -0.421 e. The molecule has 0 saturated heterocycles. The molecule has 0 bridgehead atoms. The molecule has 0 spiro atoms. The van der Waals surface area contributed by atoms with Crippen molar-refractivity contribution < 1.29 is 9.53 Å². The number of aromatic nitrogens is 2. The van der Waals surface area contributed by atoms with E-state index in [4.69, 9.17) is 16.3 Å². The molecule has 1 N–H and O–H groups in total. The first-order valence-corrected chi connectivity index (χ1v) is 6.01. The van der Waals surface area contributed by atoms with Crippen molar-refractivity contribution >= 4 is 28.5 Å². The number of rotatable bonds is 2. The van der Waals surface area contributed by atoms with Crippen molar-refractivity contribution in [3.05, 3.63) is 59.5 Å². The number of esters is 1. The van der Waals surface area contributed by atoms with Gasteiger partial charge < -0.3 is 9.72 Å². The lowest BCUT2D eigenvalue weighted by atomic mass is 10.1. The quantitative estimate of drug-likeness (QED) is 0.727. The van der Waals surface area contributed by atoms with Gasteiger partial charge in [-0.15, -0.1) is 0 Å². The molecule has 94 valence electrons. The van der Waals surface area contributed by atoms with Gasteiger partial charge in [-0.3, -0.25) is 4.98 Å². The first-order valence-electron chi connectivity index (χ1n) is 5.63. The van der Waals surface area contributed by atoms with Crippen molar-refractivity contribution in [3.8, 4) is 5.75 Å². The predicted molar refractivity (Wildman–Crippen MR) is 72.5 cm³/mol. The first-order chi connectivity index (χ1) is 9.24. The number of H-pyrrole nitrogens is 1. The highest BCUT2D eigenvalue weighted by Gasteiger charge is 2.13. The monoisotopic (exact) mass is 272 g/mol. The van der Waals surface area contributed by atoms with E-state index in [0.717, 1.165) is 10.9 Å². The van der Waals surface area contributed by atoms with Gasteiger partial charge in [-0.25, -0.2) is 4.79 Å². The van der Waals surface area contributed by atoms with Crippen molar-refractivity contribution in [2.24, 2.45) is 0 Å². The number of pyridine rings is 1. The third kappa shape index (κ3) is 2.30. The third-order valence-corrected chi connectivity index (χ3v) is 2.90. The number of carbonyl (C=O) groups excluding carboxylic acids is 1. The van der Waals surface area contributed by atoms with Crippen LogP contribution in [-0.4, -0.2) is 15.9 Å². The number of hydrogen-bond donors (Lipinski definition) is 1. The Balaban J connectivity index is 1.94. The third-order valence-electron chi connectivity index (χ3n) is 2.70. The fourth-order valence-electron chi connectivity index (χ4n) is 1.87. The molecule has 0 unspecified atom stereocenters. The number of fused-ring (bicyclic) bond motifs is 1. The summed E-state index contributed by atoms with van der Waals surface area (Å²) in [6, 6.07) is 8.88. The lowest BCUT2D eigenvalue weighted by Crippen LogP contribution is -2.09. The maximum absolute atomic E-state index is 12.1. The van der Waals surface area contributed by atoms with E-state index in [1.807, 2.05) is 18.2 Å². The van der Waals surface area contributed by atoms with Gasteiger partial charge in [0.2, 0.25) is 0 Å². The number of benzene rings is 1. The summed E-state index contributed by atoms with van der Waals surface area (Å²) in [7, 11) is 0. The Labute approximate surface area is 114 Å². The minimum absolute atomic E-state index is 0.320. The summed E-state index contributed by atoms with van der Waals surface area (Å²) in [6.07, 6.45) is 4.70. The maximum Gasteiger partial charge on any atom is 0.345 e. The molecule has 4 nitrogen and oxygen atoms in total. The predicted octanol–water partition coefficient (Wildman–Crippen LogP) is 3.44. The molecule has 0 fully saturated rings. The number of nitrogens with zero attached hydrogens (tertiary/aromatic N) is 1. The van der Waals surface area contributed by atoms with E-state index in [-0.39, 0.29) is 0 Å². The SMILES string of the molecule is O=C(Oc1cncc(Cl)c1)c1cccc2cc[nH]c12. The van der Waals surface area contributed by atoms with Crippen LogP contribution >= 0.6 is 11.6 Å². The normalized spacial score (nSPS) is 10.6. The number of halogens is 1. The highest BCUT2D eigenvalue weighted by Crippen LogP contribution is 2.20. The van der Waals surface area contributed by atoms with Crippen LogP contribution in [0.5, 0.6) is 5.75 Å². The summed E-state index contributed by atoms with van der Waals surface area (Å²) < 4.78 is 5.25. The Bertz CT molecular complexity index is 752. The minimum atomic E-state index is -0.447. The summed E-state index contributed by atoms with van der Waals surface area (Å²) in [5.74, 6) is -0.127. The van der Waals surface area contributed by atoms with Crippen molar-refractivity contribution in [3.63, 3.8) is 0 Å². The molecule has 0 amide bonds. The largest absolute Gasteiger partial charge is 0.421 e. The van der Waals surface area contributed by atoms with Gasteiger partial charge in [0.1, 0.15) is 0 Å². The van der Waals surface area contributed by atoms with Crippen molar-refractivity contribution in [1.29, 1.82) is 0 Å². The number of hydrogen-bond acceptors (Lipinski definition) is 3. The summed E-state index contributed by atoms with van der Waals surface area (Å²) >= 11 is 5.79. The summed E-state index contributed by atoms with van der Waals surface area (Å²) in [5.41, 5.74) is 1.23. The second-order valence-corrected chi connectivity index (χ2v) is 4.41. The number of para-hydroxylation sites is 1. The highest BCUT2D eigenvalue weighted by atomic mass is 35.5. The van der Waals surface area contributed by atoms with E-state index in [0.29, 0.717) is 16.3 Å². The van der Waals surface area contributed by atoms with Crippen molar-refractivity contribution in [1.82, 2.24) is 9.97 Å². The molecule has 2 heterocycles. The van der Waals surface area contributed by atoms with Crippen LogP contribution in [0.4, 0.5) is 0 Å². The Morgan fingerprint density at radius 2 is 2.16 bits per heavy atom. The van der Waals surface area contributed by atoms with Gasteiger partial charge in [-0.2, -0.15) is 0 Å². The summed E-state index contributed by atoms with van der Waals surface area (Å²) in [6.45, 7) is 0. The van der Waals surface area contributed by atoms with Gasteiger partial charge in [0.15, 0.2) is 5.75 Å². The molecule has 0 aliphatic heterocycles. The number of aromatic amines is 1. The van der Waals surface area contributed by atoms with Gasteiger partial charge in [-0.1, -0.05) is 23.7 Å². The van der Waals surface area contributed by atoms with E-state index in [9.17, 15) is 4.79 Å². The van der Waals surface area contributed by atoms with Crippen LogP contribution in [0.25, 0.3) is 10.9 Å². The molecular formula is C14H9ClN2O2. The van der Waals surface area contributed by atoms with Crippen LogP contribution in [0.15, 0.2) is 48.9 Å². The summed E-state index contributed by atoms with van der Waals surface area (Å²) in [5, 5.41) is 1.38. The smallest absolute Gasteiger partial charge is 0.345 e. The molecule has 3 rings (SSSR count). The van der Waals surface area contributed by atoms with E-state index in [2.05, 4.69) is 9.97 Å². The van der Waals surface area contributed by atoms with Crippen molar-refractivity contribution in [2.75, 3.05) is 0 Å². The summed E-state index contributed by atoms with van der Waals surface area (Å²) in [4.78, 5) is 19.0. The van der Waals surface area contributed by atoms with Gasteiger partial charge in [-0.05, 0) is 12.1 Å². The van der Waals surface area contributed by atoms with Crippen molar-refractivity contribution in [2.45, 2.75) is 0 Å². The van der Waals surface area contributed by atoms with E-state index >= 15 is 0 Å². The van der Waals surface area contributed by atoms with Crippen LogP contribution in [0.2, 0.25) is 5.02 Å². The first kappa shape index (κ1) is 11.7. The standard InChI is InChI=1S/C14H9ClN2O2/c15-10-6-11(8-16-7-10)19-14(18)12-3-1-2-9-4-5-17-13(9)12/h1-8,17H. The lowest BCUT2D eigenvalue weighted by molar-refractivity contribution is 0.0736. The molecular weight excluding hydrogens is 264 g/mol. The topological polar surface area (TPSA) is 55.0 Å². The Kier molecular flexibility index (Phi) is 2.93. The van der Waals surface area contributed by atoms with Crippen LogP contribution < -0.4 is 4.74 Å². The molecule has 0 atom stereocenters. The molecule has 19 heavy (non-hydrogen) atoms. The Hall–Kier alpha value is -2.33. The van der Waals surface area contributed by atoms with Gasteiger partial charge in [0.25, 0.3) is 0 Å². The molecule has 1 aromatic carbocycles. The van der Waals surface area contributed by atoms with Crippen LogP contribution in [0, 0.1) is 0 Å². The zero-order valence-electron chi connectivity index (χ0n) is 9.76. The number of ether oxygens (including phenoxy) is 1. The number of carbonyl (C=O) groups is 1. The van der Waals surface area contributed by atoms with Crippen LogP contribution in [-0.2, 0) is 0 Å². The zero-order valence-corrected chi connectivity index (χ0v) is 10.5. The molecule has 2 aromatic heterocycles. The van der Waals surface area contributed by atoms with Crippen LogP contribution in [0.1, 0.15) is 10.4 Å². The second-order valence-electron chi connectivity index (χ2n) is 3.98. The van der Waals surface area contributed by atoms with E-state index in [1.165, 1.54) is 12.4 Å². The van der Waals surface area contributed by atoms with Gasteiger partial charge in [0.05, 0.1) is 22.3 Å². The average molecular weight is 273 g/mol. The van der Waals surface area contributed by atoms with E-state index in [1.54, 1.807) is 18.3 Å². The van der Waals surface area contributed by atoms with E-state index < -0.39 is 5.97 Å². The Morgan fingerprint density at radius 3 is 3.00 bits per heavy atom. The lowest BCUT2D eigenvalue weighted by Gasteiger charge is -2.05. The van der Waals surface area contributed by atoms with Crippen LogP contribution in [0.3, 0.4) is 0 Å². The Morgan fingerprint density at radius 1 is 1.26 bits per heavy atom. The fraction of sp³-hybridized carbons (Fsp3) is 0. The van der Waals surface area contributed by atoms with Gasteiger partial charge >= 0.3 is 5.97 Å². The molecule has 0 radical (unpaired) electrons. The fourth-order valence-corrected chi connectivity index (χ4v) is 2.03. The molecule has 0 aliphatic rings. The molecule has 3 aromatic rings. The van der Waals surface area contributed by atoms with Gasteiger partial charge in [0, 0.05) is 23.8 Å². The maximum atomic E-state index is 12.1. The highest BCUT2D eigenvalue weighted by molar-refractivity contribution is 6.30. The molecule has 5 heteroatoms.